The van der Waals surface area contributed by atoms with E-state index < -0.39 is 0 Å². The lowest BCUT2D eigenvalue weighted by atomic mass is 9.96. The van der Waals surface area contributed by atoms with Gasteiger partial charge >= 0.3 is 5.97 Å². The van der Waals surface area contributed by atoms with E-state index in [1.807, 2.05) is 36.4 Å². The molecule has 3 aromatic rings. The van der Waals surface area contributed by atoms with Crippen LogP contribution in [0.4, 0.5) is 0 Å². The number of ether oxygens (including phenoxy) is 1. The van der Waals surface area contributed by atoms with Crippen molar-refractivity contribution in [3.05, 3.63) is 54.4 Å². The molecule has 0 saturated heterocycles. The van der Waals surface area contributed by atoms with Crippen LogP contribution in [0.3, 0.4) is 0 Å². The molecule has 2 aromatic heterocycles. The maximum absolute atomic E-state index is 12.1. The third kappa shape index (κ3) is 2.24. The maximum atomic E-state index is 12.1. The summed E-state index contributed by atoms with van der Waals surface area (Å²) in [4.78, 5) is 16.6. The van der Waals surface area contributed by atoms with E-state index in [4.69, 9.17) is 4.74 Å². The van der Waals surface area contributed by atoms with Crippen LogP contribution in [0.25, 0.3) is 16.7 Å². The highest BCUT2D eigenvalue weighted by atomic mass is 16.5. The van der Waals surface area contributed by atoms with Crippen LogP contribution in [0, 0.1) is 0 Å². The van der Waals surface area contributed by atoms with Gasteiger partial charge in [-0.2, -0.15) is 5.10 Å². The predicted molar refractivity (Wildman–Crippen MR) is 81.9 cm³/mol. The third-order valence-corrected chi connectivity index (χ3v) is 3.95. The van der Waals surface area contributed by atoms with E-state index in [1.165, 1.54) is 0 Å². The van der Waals surface area contributed by atoms with Gasteiger partial charge in [0, 0.05) is 5.39 Å². The van der Waals surface area contributed by atoms with Crippen molar-refractivity contribution in [1.82, 2.24) is 14.8 Å². The molecule has 0 radical (unpaired) electrons. The van der Waals surface area contributed by atoms with E-state index in [9.17, 15) is 4.79 Å². The van der Waals surface area contributed by atoms with Gasteiger partial charge in [-0.25, -0.2) is 14.5 Å². The van der Waals surface area contributed by atoms with Gasteiger partial charge in [0.1, 0.15) is 6.10 Å². The Balaban J connectivity index is 1.71. The number of aromatic nitrogens is 3. The summed E-state index contributed by atoms with van der Waals surface area (Å²) in [5, 5.41) is 5.25. The maximum Gasteiger partial charge on any atom is 0.357 e. The van der Waals surface area contributed by atoms with E-state index >= 15 is 0 Å². The van der Waals surface area contributed by atoms with Crippen molar-refractivity contribution in [2.24, 2.45) is 0 Å². The number of esters is 1. The molecule has 1 fully saturated rings. The molecule has 0 bridgehead atoms. The Kier molecular flexibility index (Phi) is 3.11. The molecule has 1 aliphatic carbocycles. The summed E-state index contributed by atoms with van der Waals surface area (Å²) in [5.74, 6) is -0.354. The fourth-order valence-corrected chi connectivity index (χ4v) is 2.48. The molecule has 110 valence electrons. The number of pyridine rings is 1. The predicted octanol–water partition coefficient (Wildman–Crippen LogP) is 3.13. The molecule has 22 heavy (non-hydrogen) atoms. The first-order valence-electron chi connectivity index (χ1n) is 7.42. The monoisotopic (exact) mass is 293 g/mol. The van der Waals surface area contributed by atoms with Crippen molar-refractivity contribution in [3.8, 4) is 5.69 Å². The molecule has 0 atom stereocenters. The van der Waals surface area contributed by atoms with Crippen molar-refractivity contribution in [2.75, 3.05) is 0 Å². The first kappa shape index (κ1) is 13.0. The Morgan fingerprint density at radius 2 is 1.95 bits per heavy atom. The van der Waals surface area contributed by atoms with Gasteiger partial charge in [0.25, 0.3) is 0 Å². The summed E-state index contributed by atoms with van der Waals surface area (Å²) in [6.45, 7) is 0. The summed E-state index contributed by atoms with van der Waals surface area (Å²) in [6.07, 6.45) is 4.84. The van der Waals surface area contributed by atoms with Gasteiger partial charge in [0.2, 0.25) is 0 Å². The lowest BCUT2D eigenvalue weighted by Crippen LogP contribution is -2.25. The Morgan fingerprint density at radius 3 is 2.68 bits per heavy atom. The number of carbonyl (C=O) groups excluding carboxylic acids is 1. The molecule has 4 rings (SSSR count). The lowest BCUT2D eigenvalue weighted by Gasteiger charge is -2.24. The van der Waals surface area contributed by atoms with Crippen LogP contribution in [0.2, 0.25) is 0 Å². The number of fused-ring (bicyclic) bond motifs is 1. The normalized spacial score (nSPS) is 14.7. The molecule has 1 saturated carbocycles. The number of rotatable bonds is 3. The molecular weight excluding hydrogens is 278 g/mol. The Labute approximate surface area is 127 Å². The van der Waals surface area contributed by atoms with E-state index in [-0.39, 0.29) is 12.1 Å². The fraction of sp³-hybridized carbons (Fsp3) is 0.235. The Morgan fingerprint density at radius 1 is 1.14 bits per heavy atom. The molecular formula is C17H15N3O2. The first-order valence-corrected chi connectivity index (χ1v) is 7.42. The number of benzene rings is 1. The quantitative estimate of drug-likeness (QED) is 0.696. The molecule has 0 aliphatic heterocycles. The van der Waals surface area contributed by atoms with Crippen LogP contribution in [0.15, 0.2) is 48.7 Å². The molecule has 0 unspecified atom stereocenters. The highest BCUT2D eigenvalue weighted by Gasteiger charge is 2.23. The summed E-state index contributed by atoms with van der Waals surface area (Å²) < 4.78 is 7.14. The smallest absolute Gasteiger partial charge is 0.357 e. The minimum absolute atomic E-state index is 0.0593. The van der Waals surface area contributed by atoms with E-state index in [0.29, 0.717) is 11.3 Å². The zero-order valence-electron chi connectivity index (χ0n) is 12.0. The van der Waals surface area contributed by atoms with Crippen LogP contribution in [-0.4, -0.2) is 26.8 Å². The van der Waals surface area contributed by atoms with E-state index in [0.717, 1.165) is 30.3 Å². The van der Waals surface area contributed by atoms with E-state index in [1.54, 1.807) is 16.9 Å². The molecule has 1 aromatic carbocycles. The minimum Gasteiger partial charge on any atom is -0.458 e. The van der Waals surface area contributed by atoms with Gasteiger partial charge in [-0.3, -0.25) is 0 Å². The lowest BCUT2D eigenvalue weighted by molar-refractivity contribution is 0.00840. The van der Waals surface area contributed by atoms with Crippen LogP contribution in [0.1, 0.15) is 29.8 Å². The largest absolute Gasteiger partial charge is 0.458 e. The highest BCUT2D eigenvalue weighted by Crippen LogP contribution is 2.23. The molecule has 5 heteroatoms. The van der Waals surface area contributed by atoms with Crippen molar-refractivity contribution >= 4 is 17.0 Å². The number of para-hydroxylation sites is 1. The molecule has 0 amide bonds. The summed E-state index contributed by atoms with van der Waals surface area (Å²) in [7, 11) is 0. The van der Waals surface area contributed by atoms with Crippen molar-refractivity contribution in [1.29, 1.82) is 0 Å². The second kappa shape index (κ2) is 5.26. The summed E-state index contributed by atoms with van der Waals surface area (Å²) in [5.41, 5.74) is 1.90. The second-order valence-electron chi connectivity index (χ2n) is 5.46. The van der Waals surface area contributed by atoms with Gasteiger partial charge in [0.15, 0.2) is 11.3 Å². The fourth-order valence-electron chi connectivity index (χ4n) is 2.48. The summed E-state index contributed by atoms with van der Waals surface area (Å²) >= 11 is 0. The van der Waals surface area contributed by atoms with Gasteiger partial charge in [-0.15, -0.1) is 0 Å². The zero-order chi connectivity index (χ0) is 14.9. The highest BCUT2D eigenvalue weighted by molar-refractivity contribution is 5.90. The third-order valence-electron chi connectivity index (χ3n) is 3.95. The van der Waals surface area contributed by atoms with E-state index in [2.05, 4.69) is 10.1 Å². The van der Waals surface area contributed by atoms with Crippen LogP contribution in [0.5, 0.6) is 0 Å². The van der Waals surface area contributed by atoms with Gasteiger partial charge in [0.05, 0.1) is 11.9 Å². The summed E-state index contributed by atoms with van der Waals surface area (Å²) in [6, 6.07) is 13.3. The molecule has 0 spiro atoms. The average molecular weight is 293 g/mol. The first-order chi connectivity index (χ1) is 10.8. The molecule has 1 aliphatic rings. The number of hydrogen-bond acceptors (Lipinski definition) is 4. The van der Waals surface area contributed by atoms with Crippen molar-refractivity contribution in [3.63, 3.8) is 0 Å². The average Bonchev–Trinajstić information content (AvgIpc) is 2.94. The molecule has 5 nitrogen and oxygen atoms in total. The van der Waals surface area contributed by atoms with Gasteiger partial charge < -0.3 is 4.74 Å². The minimum atomic E-state index is -0.354. The second-order valence-corrected chi connectivity index (χ2v) is 5.46. The van der Waals surface area contributed by atoms with Gasteiger partial charge in [-0.05, 0) is 43.5 Å². The van der Waals surface area contributed by atoms with Crippen molar-refractivity contribution < 1.29 is 9.53 Å². The Hall–Kier alpha value is -2.69. The van der Waals surface area contributed by atoms with Crippen LogP contribution < -0.4 is 0 Å². The molecule has 0 N–H and O–H groups in total. The number of nitrogens with zero attached hydrogens (tertiary/aromatic N) is 3. The number of hydrogen-bond donors (Lipinski definition) is 0. The SMILES string of the molecule is O=C(OC1CCC1)c1ccc2cnn(-c3ccccc3)c2n1. The standard InChI is InChI=1S/C17H15N3O2/c21-17(22-14-7-4-8-14)15-10-9-12-11-18-20(16(12)19-15)13-5-2-1-3-6-13/h1-3,5-6,9-11,14H,4,7-8H2. The topological polar surface area (TPSA) is 57.0 Å². The van der Waals surface area contributed by atoms with Crippen molar-refractivity contribution in [2.45, 2.75) is 25.4 Å². The van der Waals surface area contributed by atoms with Crippen LogP contribution in [-0.2, 0) is 4.74 Å². The van der Waals surface area contributed by atoms with Crippen LogP contribution >= 0.6 is 0 Å². The number of carbonyl (C=O) groups is 1. The Bertz CT molecular complexity index is 822. The van der Waals surface area contributed by atoms with Gasteiger partial charge in [-0.1, -0.05) is 18.2 Å². The molecule has 2 heterocycles. The zero-order valence-corrected chi connectivity index (χ0v) is 12.0.